The van der Waals surface area contributed by atoms with E-state index in [4.69, 9.17) is 0 Å². The Labute approximate surface area is 153 Å². The summed E-state index contributed by atoms with van der Waals surface area (Å²) in [5.41, 5.74) is 3.16. The molecule has 1 saturated heterocycles. The van der Waals surface area contributed by atoms with Gasteiger partial charge >= 0.3 is 0 Å². The van der Waals surface area contributed by atoms with Crippen LogP contribution in [0.15, 0.2) is 23.3 Å². The topological polar surface area (TPSA) is 87.1 Å². The van der Waals surface area contributed by atoms with Crippen LogP contribution in [0.25, 0.3) is 0 Å². The van der Waals surface area contributed by atoms with E-state index in [1.807, 2.05) is 32.0 Å². The number of hydrogen-bond donors (Lipinski definition) is 0. The van der Waals surface area contributed by atoms with E-state index in [2.05, 4.69) is 5.10 Å². The summed E-state index contributed by atoms with van der Waals surface area (Å²) < 4.78 is 23.4. The first kappa shape index (κ1) is 18.6. The van der Waals surface area contributed by atoms with E-state index in [9.17, 15) is 18.0 Å². The van der Waals surface area contributed by atoms with Gasteiger partial charge in [-0.1, -0.05) is 6.07 Å². The molecular formula is C18H23N3O4S. The standard InChI is InChI=1S/C18H23N3O4S/c1-12-8-13(2)10-15(9-12)20(3)18(23)16-4-5-17(22)21(19-16)14-6-7-26(24,25)11-14/h8-10,14H,4-7,11H2,1-3H3/t14-/m0/s1. The van der Waals surface area contributed by atoms with Crippen LogP contribution in [0, 0.1) is 13.8 Å². The Morgan fingerprint density at radius 2 is 1.85 bits per heavy atom. The average Bonchev–Trinajstić information content (AvgIpc) is 2.93. The fourth-order valence-electron chi connectivity index (χ4n) is 3.43. The Morgan fingerprint density at radius 3 is 2.42 bits per heavy atom. The minimum atomic E-state index is -3.13. The summed E-state index contributed by atoms with van der Waals surface area (Å²) >= 11 is 0. The highest BCUT2D eigenvalue weighted by Gasteiger charge is 2.37. The van der Waals surface area contributed by atoms with Crippen LogP contribution in [-0.2, 0) is 19.4 Å². The second-order valence-corrected chi connectivity index (χ2v) is 9.28. The summed E-state index contributed by atoms with van der Waals surface area (Å²) in [6.45, 7) is 3.93. The van der Waals surface area contributed by atoms with Crippen molar-refractivity contribution in [1.82, 2.24) is 5.01 Å². The van der Waals surface area contributed by atoms with Gasteiger partial charge in [0.1, 0.15) is 5.71 Å². The molecule has 1 atom stereocenters. The Kier molecular flexibility index (Phi) is 4.88. The fraction of sp³-hybridized carbons (Fsp3) is 0.500. The molecule has 8 heteroatoms. The van der Waals surface area contributed by atoms with Gasteiger partial charge in [-0.25, -0.2) is 13.4 Å². The zero-order valence-corrected chi connectivity index (χ0v) is 16.0. The van der Waals surface area contributed by atoms with Gasteiger partial charge < -0.3 is 4.90 Å². The van der Waals surface area contributed by atoms with Crippen LogP contribution < -0.4 is 4.90 Å². The zero-order chi connectivity index (χ0) is 19.1. The van der Waals surface area contributed by atoms with Crippen LogP contribution in [0.1, 0.15) is 30.4 Å². The van der Waals surface area contributed by atoms with Gasteiger partial charge in [0.05, 0.1) is 17.5 Å². The van der Waals surface area contributed by atoms with E-state index in [0.29, 0.717) is 6.42 Å². The molecule has 0 bridgehead atoms. The third kappa shape index (κ3) is 3.80. The molecule has 0 radical (unpaired) electrons. The summed E-state index contributed by atoms with van der Waals surface area (Å²) in [5.74, 6) is -0.523. The highest BCUT2D eigenvalue weighted by atomic mass is 32.2. The molecule has 0 saturated carbocycles. The summed E-state index contributed by atoms with van der Waals surface area (Å²) in [4.78, 5) is 26.6. The maximum atomic E-state index is 12.9. The predicted molar refractivity (Wildman–Crippen MR) is 99.9 cm³/mol. The second kappa shape index (κ2) is 6.83. The van der Waals surface area contributed by atoms with Gasteiger partial charge in [0.15, 0.2) is 9.84 Å². The lowest BCUT2D eigenvalue weighted by molar-refractivity contribution is -0.133. The maximum absolute atomic E-state index is 12.9. The molecule has 1 aromatic rings. The van der Waals surface area contributed by atoms with Gasteiger partial charge in [-0.3, -0.25) is 9.59 Å². The summed E-state index contributed by atoms with van der Waals surface area (Å²) in [5, 5.41) is 5.47. The van der Waals surface area contributed by atoms with Crippen molar-refractivity contribution in [2.75, 3.05) is 23.5 Å². The first-order valence-electron chi connectivity index (χ1n) is 8.62. The minimum absolute atomic E-state index is 0.0583. The van der Waals surface area contributed by atoms with Crippen molar-refractivity contribution >= 4 is 33.1 Å². The van der Waals surface area contributed by atoms with Crippen molar-refractivity contribution in [2.45, 2.75) is 39.2 Å². The summed E-state index contributed by atoms with van der Waals surface area (Å²) in [6.07, 6.45) is 0.802. The van der Waals surface area contributed by atoms with E-state index in [1.165, 1.54) is 9.91 Å². The number of amides is 2. The first-order valence-corrected chi connectivity index (χ1v) is 10.4. The first-order chi connectivity index (χ1) is 12.2. The molecule has 140 valence electrons. The predicted octanol–water partition coefficient (Wildman–Crippen LogP) is 1.43. The number of sulfone groups is 1. The Balaban J connectivity index is 1.84. The van der Waals surface area contributed by atoms with Crippen molar-refractivity contribution < 1.29 is 18.0 Å². The number of benzene rings is 1. The third-order valence-electron chi connectivity index (χ3n) is 4.76. The number of nitrogens with zero attached hydrogens (tertiary/aromatic N) is 3. The molecule has 0 N–H and O–H groups in total. The molecule has 7 nitrogen and oxygen atoms in total. The van der Waals surface area contributed by atoms with E-state index in [1.54, 1.807) is 7.05 Å². The summed E-state index contributed by atoms with van der Waals surface area (Å²) in [6, 6.07) is 5.39. The van der Waals surface area contributed by atoms with Crippen LogP contribution in [0.3, 0.4) is 0 Å². The molecule has 3 rings (SSSR count). The number of hydrazone groups is 1. The number of carbonyl (C=O) groups excluding carboxylic acids is 2. The normalized spacial score (nSPS) is 22.3. The monoisotopic (exact) mass is 377 g/mol. The Hall–Kier alpha value is -2.22. The molecule has 0 unspecified atom stereocenters. The lowest BCUT2D eigenvalue weighted by Crippen LogP contribution is -2.44. The van der Waals surface area contributed by atoms with Crippen molar-refractivity contribution in [3.05, 3.63) is 29.3 Å². The number of hydrogen-bond acceptors (Lipinski definition) is 5. The zero-order valence-electron chi connectivity index (χ0n) is 15.2. The van der Waals surface area contributed by atoms with Gasteiger partial charge in [-0.15, -0.1) is 0 Å². The number of anilines is 1. The minimum Gasteiger partial charge on any atom is -0.310 e. The average molecular weight is 377 g/mol. The van der Waals surface area contributed by atoms with Crippen LogP contribution in [0.2, 0.25) is 0 Å². The van der Waals surface area contributed by atoms with Gasteiger partial charge in [0, 0.05) is 25.6 Å². The van der Waals surface area contributed by atoms with E-state index in [-0.39, 0.29) is 41.9 Å². The van der Waals surface area contributed by atoms with Crippen molar-refractivity contribution in [3.63, 3.8) is 0 Å². The molecule has 0 aliphatic carbocycles. The van der Waals surface area contributed by atoms with Crippen LogP contribution in [0.4, 0.5) is 5.69 Å². The number of rotatable bonds is 3. The van der Waals surface area contributed by atoms with Gasteiger partial charge in [-0.05, 0) is 43.5 Å². The SMILES string of the molecule is Cc1cc(C)cc(N(C)C(=O)C2=NN([C@H]3CCS(=O)(=O)C3)C(=O)CC2)c1. The van der Waals surface area contributed by atoms with Gasteiger partial charge in [-0.2, -0.15) is 5.10 Å². The quantitative estimate of drug-likeness (QED) is 0.797. The Morgan fingerprint density at radius 1 is 1.19 bits per heavy atom. The van der Waals surface area contributed by atoms with Gasteiger partial charge in [0.25, 0.3) is 5.91 Å². The third-order valence-corrected chi connectivity index (χ3v) is 6.51. The molecule has 0 aromatic heterocycles. The lowest BCUT2D eigenvalue weighted by Gasteiger charge is -2.29. The highest BCUT2D eigenvalue weighted by molar-refractivity contribution is 7.91. The fourth-order valence-corrected chi connectivity index (χ4v) is 5.13. The van der Waals surface area contributed by atoms with Crippen LogP contribution in [-0.4, -0.2) is 55.5 Å². The Bertz CT molecular complexity index is 871. The molecule has 2 aliphatic heterocycles. The molecule has 2 aliphatic rings. The molecule has 1 fully saturated rings. The molecule has 2 heterocycles. The van der Waals surface area contributed by atoms with Crippen molar-refractivity contribution in [2.24, 2.45) is 5.10 Å². The van der Waals surface area contributed by atoms with E-state index < -0.39 is 15.9 Å². The molecular weight excluding hydrogens is 354 g/mol. The van der Waals surface area contributed by atoms with Crippen molar-refractivity contribution in [3.8, 4) is 0 Å². The van der Waals surface area contributed by atoms with E-state index in [0.717, 1.165) is 16.8 Å². The largest absolute Gasteiger partial charge is 0.310 e. The molecule has 0 spiro atoms. The van der Waals surface area contributed by atoms with Crippen LogP contribution in [0.5, 0.6) is 0 Å². The molecule has 1 aromatic carbocycles. The molecule has 2 amide bonds. The number of aryl methyl sites for hydroxylation is 2. The van der Waals surface area contributed by atoms with E-state index >= 15 is 0 Å². The highest BCUT2D eigenvalue weighted by Crippen LogP contribution is 2.24. The van der Waals surface area contributed by atoms with Gasteiger partial charge in [0.2, 0.25) is 5.91 Å². The van der Waals surface area contributed by atoms with Crippen molar-refractivity contribution in [1.29, 1.82) is 0 Å². The smallest absolute Gasteiger partial charge is 0.274 e. The maximum Gasteiger partial charge on any atom is 0.274 e. The summed E-state index contributed by atoms with van der Waals surface area (Å²) in [7, 11) is -1.45. The molecule has 26 heavy (non-hydrogen) atoms. The van der Waals surface area contributed by atoms with Crippen LogP contribution >= 0.6 is 0 Å². The second-order valence-electron chi connectivity index (χ2n) is 7.05. The number of carbonyl (C=O) groups is 2. The lowest BCUT2D eigenvalue weighted by atomic mass is 10.1.